The van der Waals surface area contributed by atoms with Crippen molar-refractivity contribution in [2.75, 3.05) is 45.3 Å². The molecule has 4 heterocycles. The van der Waals surface area contributed by atoms with Gasteiger partial charge in [0.1, 0.15) is 22.8 Å². The molecule has 0 atom stereocenters. The fraction of sp³-hybridized carbons (Fsp3) is 0.385. The first-order valence-corrected chi connectivity index (χ1v) is 12.0. The lowest BCUT2D eigenvalue weighted by Gasteiger charge is -2.26. The molecule has 4 aromatic rings. The van der Waals surface area contributed by atoms with Crippen molar-refractivity contribution in [3.8, 4) is 22.8 Å². The smallest absolute Gasteiger partial charge is 0.180 e. The lowest BCUT2D eigenvalue weighted by atomic mass is 10.2. The van der Waals surface area contributed by atoms with Gasteiger partial charge in [0.25, 0.3) is 0 Å². The zero-order valence-corrected chi connectivity index (χ0v) is 20.5. The van der Waals surface area contributed by atoms with Crippen molar-refractivity contribution in [1.82, 2.24) is 29.6 Å². The summed E-state index contributed by atoms with van der Waals surface area (Å²) in [6.45, 7) is 4.25. The number of anilines is 2. The largest absolute Gasteiger partial charge is 0.497 e. The number of rotatable bonds is 9. The van der Waals surface area contributed by atoms with Crippen LogP contribution in [-0.4, -0.2) is 70.0 Å². The molecule has 0 aliphatic carbocycles. The monoisotopic (exact) mass is 473 g/mol. The summed E-state index contributed by atoms with van der Waals surface area (Å²) < 4.78 is 12.8. The molecule has 0 N–H and O–H groups in total. The number of nitrogens with zero attached hydrogens (tertiary/aromatic N) is 7. The highest BCUT2D eigenvalue weighted by atomic mass is 16.5. The number of benzene rings is 1. The SMILES string of the molecule is COc1cc(OC)cc(N(CCCN2CCCC2)c2ccc3ncc(-c4cnn(C)c4)nc3n2)c1. The van der Waals surface area contributed by atoms with Crippen molar-refractivity contribution in [2.45, 2.75) is 19.3 Å². The van der Waals surface area contributed by atoms with Gasteiger partial charge in [-0.3, -0.25) is 9.67 Å². The Morgan fingerprint density at radius 2 is 1.74 bits per heavy atom. The van der Waals surface area contributed by atoms with E-state index in [-0.39, 0.29) is 0 Å². The molecule has 0 unspecified atom stereocenters. The molecular weight excluding hydrogens is 442 g/mol. The number of methoxy groups -OCH3 is 2. The third-order valence-corrected chi connectivity index (χ3v) is 6.37. The second kappa shape index (κ2) is 10.3. The predicted molar refractivity (Wildman–Crippen MR) is 136 cm³/mol. The zero-order chi connectivity index (χ0) is 24.2. The van der Waals surface area contributed by atoms with E-state index in [9.17, 15) is 0 Å². The van der Waals surface area contributed by atoms with Crippen molar-refractivity contribution in [3.05, 3.63) is 48.9 Å². The van der Waals surface area contributed by atoms with Gasteiger partial charge in [-0.25, -0.2) is 9.97 Å². The second-order valence-electron chi connectivity index (χ2n) is 8.79. The number of likely N-dealkylation sites (tertiary alicyclic amines) is 1. The van der Waals surface area contributed by atoms with Gasteiger partial charge in [0.15, 0.2) is 5.65 Å². The molecule has 0 amide bonds. The summed E-state index contributed by atoms with van der Waals surface area (Å²) in [5, 5.41) is 4.25. The highest BCUT2D eigenvalue weighted by Gasteiger charge is 2.17. The fourth-order valence-electron chi connectivity index (χ4n) is 4.51. The van der Waals surface area contributed by atoms with Crippen LogP contribution in [0, 0.1) is 0 Å². The number of fused-ring (bicyclic) bond motifs is 1. The molecule has 1 saturated heterocycles. The van der Waals surface area contributed by atoms with Gasteiger partial charge in [0, 0.05) is 49.2 Å². The normalized spacial score (nSPS) is 13.9. The van der Waals surface area contributed by atoms with E-state index in [0.717, 1.165) is 59.3 Å². The van der Waals surface area contributed by atoms with Crippen LogP contribution in [0.5, 0.6) is 11.5 Å². The highest BCUT2D eigenvalue weighted by molar-refractivity contribution is 5.77. The summed E-state index contributed by atoms with van der Waals surface area (Å²) in [6, 6.07) is 9.89. The third-order valence-electron chi connectivity index (χ3n) is 6.37. The van der Waals surface area contributed by atoms with Crippen LogP contribution in [0.1, 0.15) is 19.3 Å². The van der Waals surface area contributed by atoms with E-state index in [1.807, 2.05) is 43.6 Å². The van der Waals surface area contributed by atoms with Gasteiger partial charge in [-0.05, 0) is 51.0 Å². The van der Waals surface area contributed by atoms with E-state index < -0.39 is 0 Å². The van der Waals surface area contributed by atoms with Crippen LogP contribution in [-0.2, 0) is 7.05 Å². The molecule has 1 aromatic carbocycles. The summed E-state index contributed by atoms with van der Waals surface area (Å²) in [5.41, 5.74) is 3.98. The maximum Gasteiger partial charge on any atom is 0.180 e. The number of pyridine rings is 1. The third kappa shape index (κ3) is 5.19. The minimum Gasteiger partial charge on any atom is -0.497 e. The number of aromatic nitrogens is 5. The van der Waals surface area contributed by atoms with Crippen molar-refractivity contribution in [1.29, 1.82) is 0 Å². The number of hydrogen-bond donors (Lipinski definition) is 0. The molecule has 1 aliphatic rings. The van der Waals surface area contributed by atoms with Gasteiger partial charge in [-0.15, -0.1) is 0 Å². The molecule has 0 saturated carbocycles. The molecule has 9 nitrogen and oxygen atoms in total. The van der Waals surface area contributed by atoms with Crippen LogP contribution in [0.3, 0.4) is 0 Å². The van der Waals surface area contributed by atoms with E-state index in [1.165, 1.54) is 25.9 Å². The summed E-state index contributed by atoms with van der Waals surface area (Å²) in [4.78, 5) is 19.1. The van der Waals surface area contributed by atoms with Gasteiger partial charge < -0.3 is 19.3 Å². The minimum atomic E-state index is 0.600. The first-order chi connectivity index (χ1) is 17.1. The van der Waals surface area contributed by atoms with Gasteiger partial charge in [-0.1, -0.05) is 0 Å². The molecule has 9 heteroatoms. The first-order valence-electron chi connectivity index (χ1n) is 12.0. The first kappa shape index (κ1) is 23.0. The van der Waals surface area contributed by atoms with Crippen LogP contribution in [0.25, 0.3) is 22.4 Å². The Labute approximate surface area is 205 Å². The summed E-state index contributed by atoms with van der Waals surface area (Å²) in [5.74, 6) is 2.29. The van der Waals surface area contributed by atoms with Crippen LogP contribution in [0.4, 0.5) is 11.5 Å². The van der Waals surface area contributed by atoms with E-state index in [2.05, 4.69) is 19.9 Å². The second-order valence-corrected chi connectivity index (χ2v) is 8.79. The van der Waals surface area contributed by atoms with Crippen molar-refractivity contribution in [3.63, 3.8) is 0 Å². The summed E-state index contributed by atoms with van der Waals surface area (Å²) in [7, 11) is 5.22. The Hall–Kier alpha value is -3.72. The van der Waals surface area contributed by atoms with Crippen LogP contribution >= 0.6 is 0 Å². The average Bonchev–Trinajstić information content (AvgIpc) is 3.57. The van der Waals surface area contributed by atoms with Gasteiger partial charge >= 0.3 is 0 Å². The van der Waals surface area contributed by atoms with Gasteiger partial charge in [0.2, 0.25) is 0 Å². The molecular formula is C26H31N7O2. The topological polar surface area (TPSA) is 81.4 Å². The predicted octanol–water partition coefficient (Wildman–Crippen LogP) is 4.07. The van der Waals surface area contributed by atoms with E-state index in [4.69, 9.17) is 19.4 Å². The highest BCUT2D eigenvalue weighted by Crippen LogP contribution is 2.33. The number of aryl methyl sites for hydroxylation is 1. The molecule has 1 aliphatic heterocycles. The van der Waals surface area contributed by atoms with Crippen LogP contribution < -0.4 is 14.4 Å². The Morgan fingerprint density at radius 1 is 0.971 bits per heavy atom. The Bertz CT molecular complexity index is 1280. The van der Waals surface area contributed by atoms with Crippen molar-refractivity contribution in [2.24, 2.45) is 7.05 Å². The van der Waals surface area contributed by atoms with Gasteiger partial charge in [0.05, 0.1) is 32.3 Å². The number of ether oxygens (including phenoxy) is 2. The lowest BCUT2D eigenvalue weighted by molar-refractivity contribution is 0.335. The number of hydrogen-bond acceptors (Lipinski definition) is 8. The zero-order valence-electron chi connectivity index (χ0n) is 20.5. The summed E-state index contributed by atoms with van der Waals surface area (Å²) >= 11 is 0. The van der Waals surface area contributed by atoms with Gasteiger partial charge in [-0.2, -0.15) is 5.10 Å². The molecule has 0 radical (unpaired) electrons. The fourth-order valence-corrected chi connectivity index (χ4v) is 4.51. The van der Waals surface area contributed by atoms with Crippen molar-refractivity contribution < 1.29 is 9.47 Å². The molecule has 5 rings (SSSR count). The Balaban J connectivity index is 1.50. The minimum absolute atomic E-state index is 0.600. The van der Waals surface area contributed by atoms with E-state index >= 15 is 0 Å². The van der Waals surface area contributed by atoms with Crippen LogP contribution in [0.15, 0.2) is 48.9 Å². The average molecular weight is 474 g/mol. The lowest BCUT2D eigenvalue weighted by Crippen LogP contribution is -2.26. The van der Waals surface area contributed by atoms with Crippen molar-refractivity contribution >= 4 is 22.7 Å². The Kier molecular flexibility index (Phi) is 6.76. The quantitative estimate of drug-likeness (QED) is 0.360. The van der Waals surface area contributed by atoms with E-state index in [1.54, 1.807) is 31.3 Å². The molecule has 3 aromatic heterocycles. The molecule has 182 valence electrons. The maximum atomic E-state index is 5.54. The standard InChI is InChI=1S/C26H31N7O2/c1-31-18-19(16-28-31)24-17-27-23-7-8-25(30-26(23)29-24)33(12-6-11-32-9-4-5-10-32)20-13-21(34-2)15-22(14-20)35-3/h7-8,13-18H,4-6,9-12H2,1-3H3. The molecule has 0 spiro atoms. The van der Waals surface area contributed by atoms with E-state index in [0.29, 0.717) is 5.65 Å². The molecule has 1 fully saturated rings. The Morgan fingerprint density at radius 3 is 2.43 bits per heavy atom. The summed E-state index contributed by atoms with van der Waals surface area (Å²) in [6.07, 6.45) is 9.07. The maximum absolute atomic E-state index is 5.54. The molecule has 35 heavy (non-hydrogen) atoms. The van der Waals surface area contributed by atoms with Crippen LogP contribution in [0.2, 0.25) is 0 Å². The molecule has 0 bridgehead atoms.